The number of nitrogens with one attached hydrogen (secondary N) is 1. The molecule has 6 fully saturated rings. The van der Waals surface area contributed by atoms with E-state index >= 15 is 0 Å². The summed E-state index contributed by atoms with van der Waals surface area (Å²) in [5.74, 6) is 2.07. The molecule has 0 aromatic heterocycles. The number of hydrogen-bond donors (Lipinski definition) is 1. The van der Waals surface area contributed by atoms with Crippen molar-refractivity contribution in [2.75, 3.05) is 6.54 Å². The van der Waals surface area contributed by atoms with Gasteiger partial charge in [-0.3, -0.25) is 0 Å². The van der Waals surface area contributed by atoms with E-state index in [4.69, 9.17) is 14.2 Å². The molecule has 70 heavy (non-hydrogen) atoms. The van der Waals surface area contributed by atoms with Crippen molar-refractivity contribution in [2.24, 2.45) is 23.7 Å². The summed E-state index contributed by atoms with van der Waals surface area (Å²) in [7, 11) is 0. The summed E-state index contributed by atoms with van der Waals surface area (Å²) in [6.45, 7) is 11.2. The van der Waals surface area contributed by atoms with Crippen molar-refractivity contribution < 1.29 is 28.6 Å². The van der Waals surface area contributed by atoms with Gasteiger partial charge in [-0.15, -0.1) is 0 Å². The van der Waals surface area contributed by atoms with Crippen LogP contribution in [0.15, 0.2) is 24.3 Å². The molecule has 1 aromatic rings. The van der Waals surface area contributed by atoms with Gasteiger partial charge in [0.1, 0.15) is 17.3 Å². The number of ether oxygens (including phenoxy) is 3. The van der Waals surface area contributed by atoms with Gasteiger partial charge in [0.2, 0.25) is 0 Å². The Morgan fingerprint density at radius 3 is 1.56 bits per heavy atom. The van der Waals surface area contributed by atoms with E-state index in [2.05, 4.69) is 74.0 Å². The Morgan fingerprint density at radius 1 is 0.543 bits per heavy atom. The topological polar surface area (TPSA) is 97.4 Å². The molecule has 0 saturated heterocycles. The van der Waals surface area contributed by atoms with Crippen LogP contribution in [0, 0.1) is 23.7 Å². The number of alkyl carbamates (subject to hydrolysis) is 1. The second kappa shape index (κ2) is 27.4. The number of carbonyl (C=O) groups excluding carboxylic acids is 3. The van der Waals surface area contributed by atoms with Crippen molar-refractivity contribution in [2.45, 2.75) is 301 Å². The van der Waals surface area contributed by atoms with Crippen LogP contribution < -0.4 is 5.32 Å². The van der Waals surface area contributed by atoms with Crippen molar-refractivity contribution in [3.63, 3.8) is 0 Å². The van der Waals surface area contributed by atoms with Crippen LogP contribution in [0.2, 0.25) is 0 Å². The van der Waals surface area contributed by atoms with Crippen LogP contribution in [0.4, 0.5) is 14.4 Å². The van der Waals surface area contributed by atoms with Crippen LogP contribution in [0.25, 0.3) is 0 Å². The number of rotatable bonds is 21. The van der Waals surface area contributed by atoms with Crippen LogP contribution in [0.1, 0.15) is 270 Å². The molecule has 5 atom stereocenters. The minimum atomic E-state index is -0.421. The molecule has 1 N–H and O–H groups in total. The summed E-state index contributed by atoms with van der Waals surface area (Å²) in [5, 5.41) is 3.00. The van der Waals surface area contributed by atoms with Crippen molar-refractivity contribution in [1.29, 1.82) is 0 Å². The lowest BCUT2D eigenvalue weighted by Gasteiger charge is -2.48. The highest BCUT2D eigenvalue weighted by Crippen LogP contribution is 2.44. The van der Waals surface area contributed by atoms with Crippen molar-refractivity contribution >= 4 is 18.3 Å². The predicted molar refractivity (Wildman–Crippen MR) is 284 cm³/mol. The molecule has 9 heteroatoms. The zero-order valence-corrected chi connectivity index (χ0v) is 45.3. The minimum absolute atomic E-state index is 0.0420. The number of hydrogen-bond acceptors (Lipinski definition) is 6. The average molecular weight is 972 g/mol. The fourth-order valence-electron chi connectivity index (χ4n) is 14.6. The van der Waals surface area contributed by atoms with E-state index in [0.717, 1.165) is 102 Å². The fraction of sp³-hybridized carbons (Fsp3) is 0.852. The number of unbranched alkanes of at least 4 members (excludes halogenated alkanes) is 6. The first-order chi connectivity index (χ1) is 33.9. The largest absolute Gasteiger partial charge is 0.443 e. The zero-order valence-electron chi connectivity index (χ0n) is 45.3. The molecular formula is C61H101N3O6. The van der Waals surface area contributed by atoms with Crippen molar-refractivity contribution in [1.82, 2.24) is 15.1 Å². The Morgan fingerprint density at radius 2 is 1.00 bits per heavy atom. The Balaban J connectivity index is 0.863. The van der Waals surface area contributed by atoms with E-state index in [-0.39, 0.29) is 42.5 Å². The first-order valence-corrected chi connectivity index (χ1v) is 29.9. The summed E-state index contributed by atoms with van der Waals surface area (Å²) in [5.41, 5.74) is 1.60. The molecule has 9 nitrogen and oxygen atoms in total. The normalized spacial score (nSPS) is 25.2. The number of amides is 3. The van der Waals surface area contributed by atoms with Gasteiger partial charge in [0.05, 0.1) is 0 Å². The van der Waals surface area contributed by atoms with E-state index in [9.17, 15) is 14.4 Å². The highest BCUT2D eigenvalue weighted by Gasteiger charge is 2.44. The van der Waals surface area contributed by atoms with E-state index in [0.29, 0.717) is 36.3 Å². The lowest BCUT2D eigenvalue weighted by Crippen LogP contribution is -2.53. The molecule has 1 aromatic carbocycles. The number of benzene rings is 1. The van der Waals surface area contributed by atoms with Gasteiger partial charge in [0.25, 0.3) is 0 Å². The SMILES string of the molecule is CC(OC(=O)N(C1CCCCC1)C1CCCC(C2CCCC(N(C(=O)OC(C)(C)C3CCCC3)C3CCCCC3)C2)C1)c1cccc(CCCCCCCCCNC(=O)OC(C)(C)C2CCCCC2)c1. The van der Waals surface area contributed by atoms with E-state index in [1.807, 2.05) is 0 Å². The smallest absolute Gasteiger partial charge is 0.410 e. The summed E-state index contributed by atoms with van der Waals surface area (Å²) in [6, 6.07) is 9.79. The Kier molecular flexibility index (Phi) is 21.4. The standard InChI is InChI=1S/C61H101N3O6/c1-46(48-29-24-28-47(43-48)27-14-9-7-6-8-10-23-42-62-57(65)69-60(2,3)51-32-15-11-16-33-51)68-58(66)63(53-36-17-12-18-37-53)55-40-25-30-49(44-55)50-31-26-41-56(45-50)64(54-38-19-13-20-39-54)59(67)70-61(4,5)52-34-21-22-35-52/h24,28-29,43,46,49-56H,6-23,25-27,30-42,44-45H2,1-5H3,(H,62,65). The molecule has 6 aliphatic rings. The fourth-order valence-corrected chi connectivity index (χ4v) is 14.6. The van der Waals surface area contributed by atoms with Crippen LogP contribution >= 0.6 is 0 Å². The molecule has 6 aliphatic carbocycles. The van der Waals surface area contributed by atoms with Crippen LogP contribution in [-0.4, -0.2) is 70.0 Å². The molecular weight excluding hydrogens is 871 g/mol. The monoisotopic (exact) mass is 972 g/mol. The molecule has 0 spiro atoms. The first kappa shape index (κ1) is 54.8. The van der Waals surface area contributed by atoms with Crippen LogP contribution in [-0.2, 0) is 20.6 Å². The third-order valence-electron chi connectivity index (χ3n) is 18.9. The van der Waals surface area contributed by atoms with Gasteiger partial charge in [0.15, 0.2) is 0 Å². The lowest BCUT2D eigenvalue weighted by atomic mass is 9.70. The third kappa shape index (κ3) is 16.0. The Labute approximate surface area is 426 Å². The van der Waals surface area contributed by atoms with Gasteiger partial charge in [-0.2, -0.15) is 0 Å². The molecule has 3 amide bonds. The van der Waals surface area contributed by atoms with E-state index in [1.54, 1.807) is 0 Å². The molecule has 0 heterocycles. The van der Waals surface area contributed by atoms with Crippen LogP contribution in [0.5, 0.6) is 0 Å². The number of carbonyl (C=O) groups is 3. The Bertz CT molecular complexity index is 1720. The summed E-state index contributed by atoms with van der Waals surface area (Å²) >= 11 is 0. The highest BCUT2D eigenvalue weighted by molar-refractivity contribution is 5.70. The van der Waals surface area contributed by atoms with Crippen LogP contribution in [0.3, 0.4) is 0 Å². The minimum Gasteiger partial charge on any atom is -0.443 e. The van der Waals surface area contributed by atoms with E-state index in [1.165, 1.54) is 134 Å². The molecule has 0 bridgehead atoms. The van der Waals surface area contributed by atoms with Crippen molar-refractivity contribution in [3.05, 3.63) is 35.4 Å². The van der Waals surface area contributed by atoms with Gasteiger partial charge in [-0.25, -0.2) is 14.4 Å². The molecule has 6 saturated carbocycles. The second-order valence-corrected chi connectivity index (χ2v) is 24.8. The molecule has 5 unspecified atom stereocenters. The maximum atomic E-state index is 14.6. The lowest BCUT2D eigenvalue weighted by molar-refractivity contribution is -0.0452. The molecule has 0 radical (unpaired) electrons. The Hall–Kier alpha value is -2.97. The first-order valence-electron chi connectivity index (χ1n) is 29.9. The van der Waals surface area contributed by atoms with E-state index < -0.39 is 11.2 Å². The summed E-state index contributed by atoms with van der Waals surface area (Å²) in [6.07, 6.45) is 40.1. The molecule has 7 rings (SSSR count). The second-order valence-electron chi connectivity index (χ2n) is 24.8. The predicted octanol–water partition coefficient (Wildman–Crippen LogP) is 16.7. The number of nitrogens with zero attached hydrogens (tertiary/aromatic N) is 2. The maximum Gasteiger partial charge on any atom is 0.410 e. The third-order valence-corrected chi connectivity index (χ3v) is 18.9. The van der Waals surface area contributed by atoms with Gasteiger partial charge in [0, 0.05) is 30.7 Å². The highest BCUT2D eigenvalue weighted by atomic mass is 16.6. The quantitative estimate of drug-likeness (QED) is 0.0974. The summed E-state index contributed by atoms with van der Waals surface area (Å²) < 4.78 is 18.9. The van der Waals surface area contributed by atoms with Gasteiger partial charge in [-0.1, -0.05) is 153 Å². The van der Waals surface area contributed by atoms with Crippen molar-refractivity contribution in [3.8, 4) is 0 Å². The molecule has 0 aliphatic heterocycles. The number of aryl methyl sites for hydroxylation is 1. The maximum absolute atomic E-state index is 14.6. The zero-order chi connectivity index (χ0) is 49.4. The van der Waals surface area contributed by atoms with Gasteiger partial charge >= 0.3 is 18.3 Å². The van der Waals surface area contributed by atoms with Gasteiger partial charge < -0.3 is 29.3 Å². The van der Waals surface area contributed by atoms with Gasteiger partial charge in [-0.05, 0) is 166 Å². The molecule has 396 valence electrons. The average Bonchev–Trinajstić information content (AvgIpc) is 3.93. The summed E-state index contributed by atoms with van der Waals surface area (Å²) in [4.78, 5) is 46.0.